The van der Waals surface area contributed by atoms with Gasteiger partial charge >= 0.3 is 0 Å². The molecule has 0 amide bonds. The molecular weight excluding hydrogens is 210 g/mol. The molecule has 1 heterocycles. The Morgan fingerprint density at radius 1 is 1.18 bits per heavy atom. The summed E-state index contributed by atoms with van der Waals surface area (Å²) in [4.78, 5) is 4.33. The van der Waals surface area contributed by atoms with Gasteiger partial charge in [0.2, 0.25) is 0 Å². The second-order valence-corrected chi connectivity index (χ2v) is 4.57. The van der Waals surface area contributed by atoms with Crippen molar-refractivity contribution in [2.45, 2.75) is 26.8 Å². The van der Waals surface area contributed by atoms with Crippen LogP contribution in [0.3, 0.4) is 0 Å². The Kier molecular flexibility index (Phi) is 3.59. The van der Waals surface area contributed by atoms with Gasteiger partial charge in [-0.2, -0.15) is 0 Å². The van der Waals surface area contributed by atoms with Crippen LogP contribution in [0.15, 0.2) is 30.7 Å². The van der Waals surface area contributed by atoms with E-state index in [-0.39, 0.29) is 0 Å². The zero-order valence-corrected chi connectivity index (χ0v) is 10.5. The van der Waals surface area contributed by atoms with Crippen LogP contribution in [0.1, 0.15) is 22.4 Å². The smallest absolute Gasteiger partial charge is 0.0952 e. The topological polar surface area (TPSA) is 43.8 Å². The molecule has 2 aromatic rings. The first-order chi connectivity index (χ1) is 8.17. The van der Waals surface area contributed by atoms with Crippen molar-refractivity contribution in [1.29, 1.82) is 0 Å². The first-order valence-corrected chi connectivity index (χ1v) is 5.95. The van der Waals surface area contributed by atoms with Gasteiger partial charge in [0.1, 0.15) is 0 Å². The van der Waals surface area contributed by atoms with E-state index in [4.69, 9.17) is 5.73 Å². The zero-order chi connectivity index (χ0) is 12.3. The second-order valence-electron chi connectivity index (χ2n) is 4.57. The molecule has 3 heteroatoms. The van der Waals surface area contributed by atoms with Crippen LogP contribution in [0.25, 0.3) is 0 Å². The third-order valence-corrected chi connectivity index (χ3v) is 2.73. The van der Waals surface area contributed by atoms with Crippen molar-refractivity contribution in [1.82, 2.24) is 9.55 Å². The van der Waals surface area contributed by atoms with E-state index in [0.717, 1.165) is 18.7 Å². The van der Waals surface area contributed by atoms with E-state index in [0.29, 0.717) is 6.54 Å². The summed E-state index contributed by atoms with van der Waals surface area (Å²) in [6.07, 6.45) is 4.80. The molecule has 2 rings (SSSR count). The number of aromatic nitrogens is 2. The van der Waals surface area contributed by atoms with E-state index in [1.54, 1.807) is 0 Å². The Hall–Kier alpha value is -1.61. The Balaban J connectivity index is 2.13. The van der Waals surface area contributed by atoms with Gasteiger partial charge in [-0.1, -0.05) is 29.3 Å². The molecule has 0 bridgehead atoms. The fourth-order valence-corrected chi connectivity index (χ4v) is 2.14. The van der Waals surface area contributed by atoms with Crippen LogP contribution < -0.4 is 5.73 Å². The number of hydrogen-bond acceptors (Lipinski definition) is 2. The van der Waals surface area contributed by atoms with E-state index >= 15 is 0 Å². The van der Waals surface area contributed by atoms with Crippen LogP contribution in [0.4, 0.5) is 0 Å². The minimum absolute atomic E-state index is 0.653. The van der Waals surface area contributed by atoms with Gasteiger partial charge in [0.25, 0.3) is 0 Å². The summed E-state index contributed by atoms with van der Waals surface area (Å²) in [5.41, 5.74) is 10.5. The number of rotatable bonds is 4. The van der Waals surface area contributed by atoms with Gasteiger partial charge in [-0.05, 0) is 26.0 Å². The summed E-state index contributed by atoms with van der Waals surface area (Å²) in [5, 5.41) is 0. The first kappa shape index (κ1) is 11.9. The largest absolute Gasteiger partial charge is 0.333 e. The van der Waals surface area contributed by atoms with Crippen LogP contribution in [-0.2, 0) is 13.0 Å². The van der Waals surface area contributed by atoms with E-state index in [1.807, 2.05) is 6.33 Å². The van der Waals surface area contributed by atoms with E-state index in [9.17, 15) is 0 Å². The van der Waals surface area contributed by atoms with Crippen LogP contribution in [-0.4, -0.2) is 16.1 Å². The molecule has 0 fully saturated rings. The number of imidazole rings is 1. The molecule has 0 radical (unpaired) electrons. The number of hydrogen-bond donors (Lipinski definition) is 1. The summed E-state index contributed by atoms with van der Waals surface area (Å²) < 4.78 is 2.11. The molecule has 0 aliphatic carbocycles. The Labute approximate surface area is 102 Å². The Morgan fingerprint density at radius 2 is 1.88 bits per heavy atom. The lowest BCUT2D eigenvalue weighted by Gasteiger charge is -2.05. The minimum Gasteiger partial charge on any atom is -0.333 e. The zero-order valence-electron chi connectivity index (χ0n) is 10.5. The lowest BCUT2D eigenvalue weighted by molar-refractivity contribution is 0.794. The third kappa shape index (κ3) is 3.17. The predicted molar refractivity (Wildman–Crippen MR) is 70.0 cm³/mol. The predicted octanol–water partition coefficient (Wildman–Crippen LogP) is 2.05. The molecule has 0 atom stereocenters. The molecule has 2 N–H and O–H groups in total. The summed E-state index contributed by atoms with van der Waals surface area (Å²) in [5.74, 6) is 0. The lowest BCUT2D eigenvalue weighted by atomic mass is 10.1. The molecule has 0 saturated carbocycles. The van der Waals surface area contributed by atoms with Gasteiger partial charge in [0.15, 0.2) is 0 Å². The SMILES string of the molecule is Cc1cc(C)cc(Cn2cnc(CCN)c2)c1. The monoisotopic (exact) mass is 229 g/mol. The summed E-state index contributed by atoms with van der Waals surface area (Å²) in [6, 6.07) is 6.63. The summed E-state index contributed by atoms with van der Waals surface area (Å²) in [7, 11) is 0. The fraction of sp³-hybridized carbons (Fsp3) is 0.357. The van der Waals surface area contributed by atoms with Crippen molar-refractivity contribution in [2.75, 3.05) is 6.54 Å². The highest BCUT2D eigenvalue weighted by atomic mass is 15.0. The number of nitrogens with two attached hydrogens (primary N) is 1. The van der Waals surface area contributed by atoms with Gasteiger partial charge in [-0.15, -0.1) is 0 Å². The molecule has 3 nitrogen and oxygen atoms in total. The molecular formula is C14H19N3. The van der Waals surface area contributed by atoms with Crippen LogP contribution in [0, 0.1) is 13.8 Å². The maximum absolute atomic E-state index is 5.51. The summed E-state index contributed by atoms with van der Waals surface area (Å²) >= 11 is 0. The molecule has 1 aromatic heterocycles. The highest BCUT2D eigenvalue weighted by molar-refractivity contribution is 5.28. The lowest BCUT2D eigenvalue weighted by Crippen LogP contribution is -2.03. The quantitative estimate of drug-likeness (QED) is 0.872. The maximum Gasteiger partial charge on any atom is 0.0952 e. The van der Waals surface area contributed by atoms with Gasteiger partial charge in [0, 0.05) is 19.2 Å². The van der Waals surface area contributed by atoms with Gasteiger partial charge in [-0.3, -0.25) is 0 Å². The molecule has 0 saturated heterocycles. The van der Waals surface area contributed by atoms with Crippen molar-refractivity contribution < 1.29 is 0 Å². The van der Waals surface area contributed by atoms with Crippen LogP contribution in [0.2, 0.25) is 0 Å². The molecule has 0 aliphatic rings. The minimum atomic E-state index is 0.653. The van der Waals surface area contributed by atoms with Crippen LogP contribution >= 0.6 is 0 Å². The summed E-state index contributed by atoms with van der Waals surface area (Å²) in [6.45, 7) is 5.79. The second kappa shape index (κ2) is 5.15. The van der Waals surface area contributed by atoms with Crippen molar-refractivity contribution in [3.8, 4) is 0 Å². The first-order valence-electron chi connectivity index (χ1n) is 5.95. The van der Waals surface area contributed by atoms with Crippen molar-refractivity contribution >= 4 is 0 Å². The van der Waals surface area contributed by atoms with Gasteiger partial charge in [-0.25, -0.2) is 4.98 Å². The molecule has 0 aliphatic heterocycles. The Bertz CT molecular complexity index is 480. The van der Waals surface area contributed by atoms with Crippen LogP contribution in [0.5, 0.6) is 0 Å². The number of benzene rings is 1. The molecule has 0 spiro atoms. The van der Waals surface area contributed by atoms with E-state index in [2.05, 4.69) is 47.8 Å². The fourth-order valence-electron chi connectivity index (χ4n) is 2.14. The third-order valence-electron chi connectivity index (χ3n) is 2.73. The molecule has 0 unspecified atom stereocenters. The number of aryl methyl sites for hydroxylation is 2. The van der Waals surface area contributed by atoms with Crippen molar-refractivity contribution in [2.24, 2.45) is 5.73 Å². The van der Waals surface area contributed by atoms with Crippen molar-refractivity contribution in [3.63, 3.8) is 0 Å². The molecule has 17 heavy (non-hydrogen) atoms. The average Bonchev–Trinajstić information content (AvgIpc) is 2.64. The van der Waals surface area contributed by atoms with E-state index < -0.39 is 0 Å². The molecule has 1 aromatic carbocycles. The number of nitrogens with zero attached hydrogens (tertiary/aromatic N) is 2. The highest BCUT2D eigenvalue weighted by Gasteiger charge is 2.00. The van der Waals surface area contributed by atoms with Gasteiger partial charge in [0.05, 0.1) is 12.0 Å². The van der Waals surface area contributed by atoms with Crippen molar-refractivity contribution in [3.05, 3.63) is 53.1 Å². The normalized spacial score (nSPS) is 10.8. The Morgan fingerprint density at radius 3 is 2.53 bits per heavy atom. The molecule has 90 valence electrons. The maximum atomic E-state index is 5.51. The van der Waals surface area contributed by atoms with Gasteiger partial charge < -0.3 is 10.3 Å². The highest BCUT2D eigenvalue weighted by Crippen LogP contribution is 2.10. The van der Waals surface area contributed by atoms with E-state index in [1.165, 1.54) is 16.7 Å². The average molecular weight is 229 g/mol. The standard InChI is InChI=1S/C14H19N3/c1-11-5-12(2)7-13(6-11)8-17-9-14(3-4-15)16-10-17/h5-7,9-10H,3-4,8,15H2,1-2H3.